The van der Waals surface area contributed by atoms with Crippen molar-refractivity contribution in [2.24, 2.45) is 10.9 Å². The minimum Gasteiger partial charge on any atom is -0.409 e. The highest BCUT2D eigenvalue weighted by atomic mass is 16.5. The largest absolute Gasteiger partial charge is 0.409 e. The Hall–Kier alpha value is -0.770. The zero-order valence-corrected chi connectivity index (χ0v) is 7.08. The first kappa shape index (κ1) is 10.2. The van der Waals surface area contributed by atoms with Gasteiger partial charge in [-0.25, -0.2) is 0 Å². The monoisotopic (exact) mass is 160 g/mol. The molecule has 0 saturated carbocycles. The molecule has 0 amide bonds. The molecule has 0 spiro atoms. The van der Waals surface area contributed by atoms with Gasteiger partial charge in [-0.2, -0.15) is 0 Å². The Morgan fingerprint density at radius 1 is 1.73 bits per heavy atom. The highest BCUT2D eigenvalue weighted by Gasteiger charge is 2.01. The second-order valence-corrected chi connectivity index (χ2v) is 2.50. The van der Waals surface area contributed by atoms with Gasteiger partial charge in [0, 0.05) is 0 Å². The van der Waals surface area contributed by atoms with Gasteiger partial charge < -0.3 is 15.7 Å². The summed E-state index contributed by atoms with van der Waals surface area (Å²) < 4.78 is 5.22. The third kappa shape index (κ3) is 5.66. The standard InChI is InChI=1S/C7H16N2O2/c1-3-4-6(2)11-5-7(8)9-10/h6,10H,3-5H2,1-2H3,(H2,8,9). The van der Waals surface area contributed by atoms with Gasteiger partial charge in [0.05, 0.1) is 6.10 Å². The van der Waals surface area contributed by atoms with Gasteiger partial charge in [0.2, 0.25) is 0 Å². The third-order valence-electron chi connectivity index (χ3n) is 1.34. The van der Waals surface area contributed by atoms with Crippen LogP contribution in [-0.4, -0.2) is 23.8 Å². The van der Waals surface area contributed by atoms with Crippen LogP contribution in [0.3, 0.4) is 0 Å². The van der Waals surface area contributed by atoms with Crippen LogP contribution >= 0.6 is 0 Å². The molecule has 0 bridgehead atoms. The van der Waals surface area contributed by atoms with Crippen molar-refractivity contribution in [3.63, 3.8) is 0 Å². The van der Waals surface area contributed by atoms with E-state index < -0.39 is 0 Å². The molecule has 0 rings (SSSR count). The van der Waals surface area contributed by atoms with Gasteiger partial charge in [-0.1, -0.05) is 18.5 Å². The Morgan fingerprint density at radius 2 is 2.36 bits per heavy atom. The minimum atomic E-state index is 0.118. The van der Waals surface area contributed by atoms with Crippen LogP contribution in [0.25, 0.3) is 0 Å². The number of hydrogen-bond acceptors (Lipinski definition) is 3. The maximum atomic E-state index is 8.16. The summed E-state index contributed by atoms with van der Waals surface area (Å²) in [4.78, 5) is 0. The lowest BCUT2D eigenvalue weighted by Gasteiger charge is -2.10. The molecule has 66 valence electrons. The fourth-order valence-electron chi connectivity index (χ4n) is 0.746. The molecule has 1 unspecified atom stereocenters. The van der Waals surface area contributed by atoms with Crippen LogP contribution in [-0.2, 0) is 4.74 Å². The average Bonchev–Trinajstić information content (AvgIpc) is 2.01. The lowest BCUT2D eigenvalue weighted by molar-refractivity contribution is 0.0868. The van der Waals surface area contributed by atoms with Gasteiger partial charge in [-0.15, -0.1) is 0 Å². The van der Waals surface area contributed by atoms with E-state index in [4.69, 9.17) is 15.7 Å². The molecule has 0 radical (unpaired) electrons. The van der Waals surface area contributed by atoms with E-state index in [-0.39, 0.29) is 18.5 Å². The van der Waals surface area contributed by atoms with Gasteiger partial charge in [0.25, 0.3) is 0 Å². The first-order valence-electron chi connectivity index (χ1n) is 3.78. The van der Waals surface area contributed by atoms with Gasteiger partial charge in [-0.05, 0) is 13.3 Å². The van der Waals surface area contributed by atoms with E-state index >= 15 is 0 Å². The van der Waals surface area contributed by atoms with Gasteiger partial charge in [0.15, 0.2) is 5.84 Å². The highest BCUT2D eigenvalue weighted by Crippen LogP contribution is 1.99. The predicted molar refractivity (Wildman–Crippen MR) is 43.7 cm³/mol. The van der Waals surface area contributed by atoms with Crippen LogP contribution in [0.2, 0.25) is 0 Å². The Labute approximate surface area is 67.0 Å². The molecule has 4 heteroatoms. The van der Waals surface area contributed by atoms with Crippen molar-refractivity contribution in [2.45, 2.75) is 32.8 Å². The second kappa shape index (κ2) is 5.97. The van der Waals surface area contributed by atoms with Crippen molar-refractivity contribution in [1.29, 1.82) is 0 Å². The van der Waals surface area contributed by atoms with E-state index in [0.717, 1.165) is 12.8 Å². The summed E-state index contributed by atoms with van der Waals surface area (Å²) in [6.45, 7) is 4.26. The van der Waals surface area contributed by atoms with Gasteiger partial charge in [-0.3, -0.25) is 0 Å². The normalized spacial score (nSPS) is 14.9. The number of rotatable bonds is 5. The average molecular weight is 160 g/mol. The number of oxime groups is 1. The number of hydrogen-bond donors (Lipinski definition) is 2. The van der Waals surface area contributed by atoms with Crippen molar-refractivity contribution in [1.82, 2.24) is 0 Å². The SMILES string of the molecule is CCCC(C)OCC(N)=NO. The Balaban J connectivity index is 3.37. The first-order valence-corrected chi connectivity index (χ1v) is 3.78. The molecular weight excluding hydrogens is 144 g/mol. The zero-order chi connectivity index (χ0) is 8.69. The lowest BCUT2D eigenvalue weighted by atomic mass is 10.2. The van der Waals surface area contributed by atoms with Crippen molar-refractivity contribution in [3.8, 4) is 0 Å². The van der Waals surface area contributed by atoms with Crippen LogP contribution in [0.1, 0.15) is 26.7 Å². The van der Waals surface area contributed by atoms with Crippen LogP contribution in [0, 0.1) is 0 Å². The fourth-order valence-corrected chi connectivity index (χ4v) is 0.746. The summed E-state index contributed by atoms with van der Waals surface area (Å²) in [6, 6.07) is 0. The molecule has 0 aromatic carbocycles. The molecule has 11 heavy (non-hydrogen) atoms. The van der Waals surface area contributed by atoms with E-state index in [1.807, 2.05) is 6.92 Å². The summed E-state index contributed by atoms with van der Waals surface area (Å²) in [5, 5.41) is 11.0. The molecule has 4 nitrogen and oxygen atoms in total. The molecule has 0 aliphatic carbocycles. The predicted octanol–water partition coefficient (Wildman–Crippen LogP) is 0.938. The smallest absolute Gasteiger partial charge is 0.165 e. The summed E-state index contributed by atoms with van der Waals surface area (Å²) in [7, 11) is 0. The van der Waals surface area contributed by atoms with Crippen LogP contribution < -0.4 is 5.73 Å². The molecular formula is C7H16N2O2. The molecule has 1 atom stereocenters. The number of ether oxygens (including phenoxy) is 1. The van der Waals surface area contributed by atoms with Gasteiger partial charge >= 0.3 is 0 Å². The van der Waals surface area contributed by atoms with Crippen LogP contribution in [0.4, 0.5) is 0 Å². The van der Waals surface area contributed by atoms with Crippen molar-refractivity contribution in [2.75, 3.05) is 6.61 Å². The summed E-state index contributed by atoms with van der Waals surface area (Å²) >= 11 is 0. The van der Waals surface area contributed by atoms with E-state index in [2.05, 4.69) is 12.1 Å². The Morgan fingerprint density at radius 3 is 2.82 bits per heavy atom. The molecule has 0 heterocycles. The fraction of sp³-hybridized carbons (Fsp3) is 0.857. The molecule has 0 aromatic rings. The van der Waals surface area contributed by atoms with Crippen LogP contribution in [0.15, 0.2) is 5.16 Å². The maximum Gasteiger partial charge on any atom is 0.165 e. The third-order valence-corrected chi connectivity index (χ3v) is 1.34. The van der Waals surface area contributed by atoms with E-state index in [9.17, 15) is 0 Å². The van der Waals surface area contributed by atoms with Crippen molar-refractivity contribution >= 4 is 5.84 Å². The van der Waals surface area contributed by atoms with E-state index in [1.54, 1.807) is 0 Å². The van der Waals surface area contributed by atoms with E-state index in [1.165, 1.54) is 0 Å². The second-order valence-electron chi connectivity index (χ2n) is 2.50. The Bertz CT molecular complexity index is 126. The zero-order valence-electron chi connectivity index (χ0n) is 7.08. The number of amidine groups is 1. The topological polar surface area (TPSA) is 67.8 Å². The molecule has 0 aliphatic rings. The summed E-state index contributed by atoms with van der Waals surface area (Å²) in [5.74, 6) is 0.118. The molecule has 3 N–H and O–H groups in total. The lowest BCUT2D eigenvalue weighted by Crippen LogP contribution is -2.22. The van der Waals surface area contributed by atoms with Crippen molar-refractivity contribution in [3.05, 3.63) is 0 Å². The Kier molecular flexibility index (Phi) is 5.56. The van der Waals surface area contributed by atoms with Crippen LogP contribution in [0.5, 0.6) is 0 Å². The molecule has 0 aromatic heterocycles. The highest BCUT2D eigenvalue weighted by molar-refractivity contribution is 5.80. The summed E-state index contributed by atoms with van der Waals surface area (Å²) in [5.41, 5.74) is 5.19. The first-order chi connectivity index (χ1) is 5.20. The van der Waals surface area contributed by atoms with Crippen molar-refractivity contribution < 1.29 is 9.94 Å². The maximum absolute atomic E-state index is 8.16. The minimum absolute atomic E-state index is 0.118. The molecule has 0 aliphatic heterocycles. The van der Waals surface area contributed by atoms with E-state index in [0.29, 0.717) is 0 Å². The molecule has 0 fully saturated rings. The summed E-state index contributed by atoms with van der Waals surface area (Å²) in [6.07, 6.45) is 2.26. The van der Waals surface area contributed by atoms with Gasteiger partial charge in [0.1, 0.15) is 6.61 Å². The number of nitrogens with two attached hydrogens (primary N) is 1. The number of nitrogens with zero attached hydrogens (tertiary/aromatic N) is 1. The quantitative estimate of drug-likeness (QED) is 0.272. The molecule has 0 saturated heterocycles.